The monoisotopic (exact) mass is 272 g/mol. The smallest absolute Gasteiger partial charge is 0.0764 e. The Hall–Kier alpha value is -0.580. The van der Waals surface area contributed by atoms with Gasteiger partial charge in [0.15, 0.2) is 0 Å². The van der Waals surface area contributed by atoms with Crippen molar-refractivity contribution in [1.29, 1.82) is 0 Å². The van der Waals surface area contributed by atoms with Gasteiger partial charge in [0.2, 0.25) is 0 Å². The summed E-state index contributed by atoms with van der Waals surface area (Å²) in [5.41, 5.74) is 1.19. The Morgan fingerprint density at radius 2 is 2.28 bits per heavy atom. The molecular weight excluding hydrogens is 248 g/mol. The third-order valence-electron chi connectivity index (χ3n) is 3.49. The average molecular weight is 273 g/mol. The van der Waals surface area contributed by atoms with Gasteiger partial charge in [-0.15, -0.1) is 12.4 Å². The minimum Gasteiger partial charge on any atom is -0.316 e. The van der Waals surface area contributed by atoms with Gasteiger partial charge in [-0.3, -0.25) is 9.58 Å². The fraction of sp³-hybridized carbons (Fsp3) is 0.769. The molecule has 4 nitrogen and oxygen atoms in total. The van der Waals surface area contributed by atoms with Gasteiger partial charge in [-0.2, -0.15) is 5.10 Å². The Morgan fingerprint density at radius 3 is 2.89 bits per heavy atom. The van der Waals surface area contributed by atoms with E-state index in [0.29, 0.717) is 12.1 Å². The fourth-order valence-corrected chi connectivity index (χ4v) is 2.41. The number of likely N-dealkylation sites (N-methyl/N-ethyl adjacent to an activating group) is 1. The lowest BCUT2D eigenvalue weighted by Crippen LogP contribution is -2.43. The molecule has 18 heavy (non-hydrogen) atoms. The number of piperidine rings is 1. The van der Waals surface area contributed by atoms with Crippen LogP contribution in [0.15, 0.2) is 12.3 Å². The minimum absolute atomic E-state index is 0. The van der Waals surface area contributed by atoms with Crippen LogP contribution in [-0.2, 0) is 6.54 Å². The Balaban J connectivity index is 0.00000162. The molecule has 5 heteroatoms. The number of likely N-dealkylation sites (tertiary alicyclic amines) is 1. The first-order valence-electron chi connectivity index (χ1n) is 6.62. The number of aromatic nitrogens is 2. The van der Waals surface area contributed by atoms with Gasteiger partial charge in [0.05, 0.1) is 5.69 Å². The first-order valence-corrected chi connectivity index (χ1v) is 6.62. The van der Waals surface area contributed by atoms with Gasteiger partial charge in [0.25, 0.3) is 0 Å². The molecule has 0 aromatic carbocycles. The highest BCUT2D eigenvalue weighted by Gasteiger charge is 2.19. The van der Waals surface area contributed by atoms with Crippen molar-refractivity contribution in [3.05, 3.63) is 18.0 Å². The van der Waals surface area contributed by atoms with Gasteiger partial charge in [0.1, 0.15) is 0 Å². The second kappa shape index (κ2) is 7.12. The number of hydrogen-bond donors (Lipinski definition) is 1. The van der Waals surface area contributed by atoms with Crippen LogP contribution in [0.3, 0.4) is 0 Å². The molecule has 104 valence electrons. The molecule has 0 radical (unpaired) electrons. The molecule has 0 amide bonds. The van der Waals surface area contributed by atoms with Crippen LogP contribution < -0.4 is 5.32 Å². The van der Waals surface area contributed by atoms with Crippen molar-refractivity contribution in [2.24, 2.45) is 0 Å². The molecule has 1 saturated heterocycles. The fourth-order valence-electron chi connectivity index (χ4n) is 2.41. The van der Waals surface area contributed by atoms with E-state index in [0.717, 1.165) is 13.1 Å². The third-order valence-corrected chi connectivity index (χ3v) is 3.49. The van der Waals surface area contributed by atoms with Crippen LogP contribution in [0.1, 0.15) is 38.4 Å². The van der Waals surface area contributed by atoms with E-state index in [-0.39, 0.29) is 12.4 Å². The number of halogens is 1. The molecule has 1 aliphatic heterocycles. The van der Waals surface area contributed by atoms with Crippen LogP contribution in [0.5, 0.6) is 0 Å². The molecule has 1 N–H and O–H groups in total. The van der Waals surface area contributed by atoms with Crippen LogP contribution in [0.2, 0.25) is 0 Å². The summed E-state index contributed by atoms with van der Waals surface area (Å²) < 4.78 is 2.04. The number of nitrogens with zero attached hydrogens (tertiary/aromatic N) is 3. The highest BCUT2D eigenvalue weighted by Crippen LogP contribution is 2.13. The van der Waals surface area contributed by atoms with Gasteiger partial charge in [-0.1, -0.05) is 0 Å². The van der Waals surface area contributed by atoms with Gasteiger partial charge in [-0.05, 0) is 46.3 Å². The zero-order valence-corrected chi connectivity index (χ0v) is 12.4. The summed E-state index contributed by atoms with van der Waals surface area (Å²) in [5.74, 6) is 0. The van der Waals surface area contributed by atoms with Crippen LogP contribution in [0.4, 0.5) is 0 Å². The molecule has 2 rings (SSSR count). The number of nitrogens with one attached hydrogen (secondary N) is 1. The molecule has 1 fully saturated rings. The lowest BCUT2D eigenvalue weighted by atomic mass is 10.1. The Kier molecular flexibility index (Phi) is 6.12. The second-order valence-corrected chi connectivity index (χ2v) is 5.24. The first-order chi connectivity index (χ1) is 8.19. The van der Waals surface area contributed by atoms with E-state index in [4.69, 9.17) is 0 Å². The maximum Gasteiger partial charge on any atom is 0.0764 e. The zero-order chi connectivity index (χ0) is 12.3. The predicted octanol–water partition coefficient (Wildman–Crippen LogP) is 2.07. The first kappa shape index (κ1) is 15.5. The van der Waals surface area contributed by atoms with Crippen molar-refractivity contribution in [2.75, 3.05) is 20.1 Å². The van der Waals surface area contributed by atoms with Crippen LogP contribution in [0, 0.1) is 0 Å². The molecule has 1 aliphatic rings. The zero-order valence-electron chi connectivity index (χ0n) is 11.6. The highest BCUT2D eigenvalue weighted by atomic mass is 35.5. The predicted molar refractivity (Wildman–Crippen MR) is 77.2 cm³/mol. The van der Waals surface area contributed by atoms with Crippen molar-refractivity contribution in [2.45, 2.75) is 45.3 Å². The van der Waals surface area contributed by atoms with Crippen molar-refractivity contribution in [1.82, 2.24) is 20.0 Å². The van der Waals surface area contributed by atoms with Gasteiger partial charge in [-0.25, -0.2) is 0 Å². The van der Waals surface area contributed by atoms with E-state index in [1.165, 1.54) is 25.1 Å². The largest absolute Gasteiger partial charge is 0.316 e. The van der Waals surface area contributed by atoms with E-state index < -0.39 is 0 Å². The van der Waals surface area contributed by atoms with Crippen LogP contribution >= 0.6 is 12.4 Å². The molecule has 0 bridgehead atoms. The van der Waals surface area contributed by atoms with Crippen molar-refractivity contribution in [3.63, 3.8) is 0 Å². The maximum atomic E-state index is 4.61. The molecule has 2 heterocycles. The number of rotatable bonds is 4. The van der Waals surface area contributed by atoms with E-state index in [9.17, 15) is 0 Å². The van der Waals surface area contributed by atoms with Gasteiger partial charge < -0.3 is 5.32 Å². The standard InChI is InChI=1S/C13H24N4.ClH/c1-11(2)17-8-6-13(15-17)10-16-7-4-5-12(9-16)14-3;/h6,8,11-12,14H,4-5,7,9-10H2,1-3H3;1H. The van der Waals surface area contributed by atoms with Gasteiger partial charge in [0, 0.05) is 31.4 Å². The summed E-state index contributed by atoms with van der Waals surface area (Å²) in [5, 5.41) is 7.99. The van der Waals surface area contributed by atoms with Crippen LogP contribution in [0.25, 0.3) is 0 Å². The molecule has 0 saturated carbocycles. The Morgan fingerprint density at radius 1 is 1.50 bits per heavy atom. The topological polar surface area (TPSA) is 33.1 Å². The van der Waals surface area contributed by atoms with Crippen LogP contribution in [-0.4, -0.2) is 40.9 Å². The van der Waals surface area contributed by atoms with Crippen molar-refractivity contribution < 1.29 is 0 Å². The lowest BCUT2D eigenvalue weighted by Gasteiger charge is -2.31. The summed E-state index contributed by atoms with van der Waals surface area (Å²) in [4.78, 5) is 2.50. The summed E-state index contributed by atoms with van der Waals surface area (Å²) in [7, 11) is 2.06. The van der Waals surface area contributed by atoms with E-state index in [1.54, 1.807) is 0 Å². The molecule has 0 spiro atoms. The average Bonchev–Trinajstić information content (AvgIpc) is 2.78. The molecule has 1 aromatic rings. The number of hydrogen-bond acceptors (Lipinski definition) is 3. The quantitative estimate of drug-likeness (QED) is 0.911. The minimum atomic E-state index is 0. The summed E-state index contributed by atoms with van der Waals surface area (Å²) in [6, 6.07) is 3.24. The molecule has 1 unspecified atom stereocenters. The molecular formula is C13H25ClN4. The summed E-state index contributed by atoms with van der Waals surface area (Å²) >= 11 is 0. The Bertz CT molecular complexity index is 351. The molecule has 1 atom stereocenters. The van der Waals surface area contributed by atoms with Crippen molar-refractivity contribution >= 4 is 12.4 Å². The van der Waals surface area contributed by atoms with E-state index >= 15 is 0 Å². The normalized spacial score (nSPS) is 21.0. The van der Waals surface area contributed by atoms with Gasteiger partial charge >= 0.3 is 0 Å². The summed E-state index contributed by atoms with van der Waals surface area (Å²) in [6.45, 7) is 7.65. The third kappa shape index (κ3) is 3.97. The summed E-state index contributed by atoms with van der Waals surface area (Å²) in [6.07, 6.45) is 4.67. The van der Waals surface area contributed by atoms with E-state index in [2.05, 4.69) is 48.5 Å². The highest BCUT2D eigenvalue weighted by molar-refractivity contribution is 5.85. The molecule has 1 aromatic heterocycles. The van der Waals surface area contributed by atoms with E-state index in [1.807, 2.05) is 4.68 Å². The molecule has 0 aliphatic carbocycles. The lowest BCUT2D eigenvalue weighted by molar-refractivity contribution is 0.185. The Labute approximate surface area is 116 Å². The maximum absolute atomic E-state index is 4.61. The SMILES string of the molecule is CNC1CCCN(Cc2ccn(C(C)C)n2)C1.Cl. The second-order valence-electron chi connectivity index (χ2n) is 5.24. The van der Waals surface area contributed by atoms with Crippen molar-refractivity contribution in [3.8, 4) is 0 Å².